The zero-order valence-electron chi connectivity index (χ0n) is 13.8. The normalized spacial score (nSPS) is 13.0. The largest absolute Gasteiger partial charge is 0.454 e. The molecule has 1 heterocycles. The molecule has 8 heteroatoms. The fourth-order valence-electron chi connectivity index (χ4n) is 2.91. The minimum atomic E-state index is -3.79. The van der Waals surface area contributed by atoms with Crippen LogP contribution in [0.25, 0.3) is 22.3 Å². The standard InChI is InChI=1S/C19H13ClFNO4S/c20-16-6-3-12(7-17(16)21)15-9-19-18(25-10-26-19)8-14(15)11-1-4-13(5-2-11)27(22,23)24/h1-9H,10H2,(H2,22,23,24). The quantitative estimate of drug-likeness (QED) is 0.708. The van der Waals surface area contributed by atoms with Crippen molar-refractivity contribution < 1.29 is 22.3 Å². The third kappa shape index (κ3) is 3.37. The second-order valence-electron chi connectivity index (χ2n) is 5.95. The molecule has 0 fully saturated rings. The molecule has 138 valence electrons. The molecule has 3 aromatic rings. The van der Waals surface area contributed by atoms with Crippen LogP contribution in [0.5, 0.6) is 11.5 Å². The Morgan fingerprint density at radius 3 is 2.00 bits per heavy atom. The Kier molecular flexibility index (Phi) is 4.30. The van der Waals surface area contributed by atoms with Crippen LogP contribution in [0.3, 0.4) is 0 Å². The average molecular weight is 406 g/mol. The molecule has 2 N–H and O–H groups in total. The Bertz CT molecular complexity index is 1150. The van der Waals surface area contributed by atoms with Crippen LogP contribution in [0.2, 0.25) is 5.02 Å². The minimum Gasteiger partial charge on any atom is -0.454 e. The lowest BCUT2D eigenvalue weighted by molar-refractivity contribution is 0.174. The first-order valence-corrected chi connectivity index (χ1v) is 9.78. The Morgan fingerprint density at radius 1 is 0.889 bits per heavy atom. The summed E-state index contributed by atoms with van der Waals surface area (Å²) in [6, 6.07) is 14.1. The molecular weight excluding hydrogens is 393 g/mol. The number of fused-ring (bicyclic) bond motifs is 1. The van der Waals surface area contributed by atoms with Crippen molar-refractivity contribution in [3.05, 3.63) is 65.4 Å². The lowest BCUT2D eigenvalue weighted by Crippen LogP contribution is -2.11. The van der Waals surface area contributed by atoms with Gasteiger partial charge in [-0.1, -0.05) is 29.8 Å². The van der Waals surface area contributed by atoms with E-state index >= 15 is 0 Å². The predicted octanol–water partition coefficient (Wildman–Crippen LogP) is 4.19. The van der Waals surface area contributed by atoms with E-state index in [1.807, 2.05) is 0 Å². The van der Waals surface area contributed by atoms with Crippen molar-refractivity contribution in [2.75, 3.05) is 6.79 Å². The third-order valence-electron chi connectivity index (χ3n) is 4.24. The van der Waals surface area contributed by atoms with Crippen molar-refractivity contribution in [2.45, 2.75) is 4.90 Å². The van der Waals surface area contributed by atoms with Gasteiger partial charge in [-0.15, -0.1) is 0 Å². The van der Waals surface area contributed by atoms with Gasteiger partial charge >= 0.3 is 0 Å². The summed E-state index contributed by atoms with van der Waals surface area (Å²) in [5.41, 5.74) is 2.73. The molecule has 0 spiro atoms. The van der Waals surface area contributed by atoms with Gasteiger partial charge in [0.2, 0.25) is 16.8 Å². The molecule has 4 rings (SSSR count). The molecule has 1 aliphatic heterocycles. The van der Waals surface area contributed by atoms with Crippen LogP contribution < -0.4 is 14.6 Å². The van der Waals surface area contributed by atoms with Gasteiger partial charge < -0.3 is 9.47 Å². The second-order valence-corrected chi connectivity index (χ2v) is 7.92. The Balaban J connectivity index is 1.90. The molecule has 27 heavy (non-hydrogen) atoms. The van der Waals surface area contributed by atoms with Gasteiger partial charge in [0.05, 0.1) is 9.92 Å². The molecule has 0 atom stereocenters. The summed E-state index contributed by atoms with van der Waals surface area (Å²) >= 11 is 5.79. The first-order chi connectivity index (χ1) is 12.8. The van der Waals surface area contributed by atoms with Crippen molar-refractivity contribution in [3.8, 4) is 33.8 Å². The van der Waals surface area contributed by atoms with E-state index in [1.54, 1.807) is 30.3 Å². The number of ether oxygens (including phenoxy) is 2. The number of nitrogens with two attached hydrogens (primary N) is 1. The van der Waals surface area contributed by atoms with Gasteiger partial charge in [0, 0.05) is 0 Å². The number of halogens is 2. The first kappa shape index (κ1) is 17.8. The number of rotatable bonds is 3. The van der Waals surface area contributed by atoms with Gasteiger partial charge in [0.1, 0.15) is 5.82 Å². The van der Waals surface area contributed by atoms with E-state index in [-0.39, 0.29) is 16.7 Å². The van der Waals surface area contributed by atoms with Crippen LogP contribution in [-0.4, -0.2) is 15.2 Å². The van der Waals surface area contributed by atoms with Crippen molar-refractivity contribution >= 4 is 21.6 Å². The maximum Gasteiger partial charge on any atom is 0.238 e. The number of benzene rings is 3. The Labute approximate surface area is 160 Å². The van der Waals surface area contributed by atoms with Crippen LogP contribution in [0.4, 0.5) is 4.39 Å². The van der Waals surface area contributed by atoms with Crippen LogP contribution in [0.15, 0.2) is 59.5 Å². The van der Waals surface area contributed by atoms with E-state index in [4.69, 9.17) is 26.2 Å². The summed E-state index contributed by atoms with van der Waals surface area (Å²) in [6.45, 7) is 0.0948. The zero-order chi connectivity index (χ0) is 19.2. The first-order valence-electron chi connectivity index (χ1n) is 7.85. The summed E-state index contributed by atoms with van der Waals surface area (Å²) in [7, 11) is -3.79. The van der Waals surface area contributed by atoms with Gasteiger partial charge in [0.15, 0.2) is 11.5 Å². The van der Waals surface area contributed by atoms with Gasteiger partial charge in [-0.2, -0.15) is 0 Å². The highest BCUT2D eigenvalue weighted by atomic mass is 35.5. The molecule has 0 saturated heterocycles. The number of sulfonamides is 1. The molecular formula is C19H13ClFNO4S. The van der Waals surface area contributed by atoms with Crippen molar-refractivity contribution in [3.63, 3.8) is 0 Å². The van der Waals surface area contributed by atoms with E-state index in [1.165, 1.54) is 24.3 Å². The molecule has 0 radical (unpaired) electrons. The molecule has 0 unspecified atom stereocenters. The van der Waals surface area contributed by atoms with Crippen LogP contribution in [0, 0.1) is 5.82 Å². The summed E-state index contributed by atoms with van der Waals surface area (Å²) in [6.07, 6.45) is 0. The van der Waals surface area contributed by atoms with Crippen molar-refractivity contribution in [1.29, 1.82) is 0 Å². The van der Waals surface area contributed by atoms with Gasteiger partial charge in [0.25, 0.3) is 0 Å². The molecule has 0 aromatic heterocycles. The van der Waals surface area contributed by atoms with E-state index < -0.39 is 15.8 Å². The third-order valence-corrected chi connectivity index (χ3v) is 5.47. The minimum absolute atomic E-state index is 0.00563. The Morgan fingerprint density at radius 2 is 1.44 bits per heavy atom. The summed E-state index contributed by atoms with van der Waals surface area (Å²) in [5, 5.41) is 5.18. The second kappa shape index (κ2) is 6.53. The maximum absolute atomic E-state index is 14.0. The van der Waals surface area contributed by atoms with E-state index in [0.29, 0.717) is 28.2 Å². The number of primary sulfonamides is 1. The summed E-state index contributed by atoms with van der Waals surface area (Å²) < 4.78 is 47.8. The maximum atomic E-state index is 14.0. The number of hydrogen-bond acceptors (Lipinski definition) is 4. The van der Waals surface area contributed by atoms with Gasteiger partial charge in [-0.05, 0) is 58.7 Å². The topological polar surface area (TPSA) is 78.6 Å². The molecule has 0 amide bonds. The average Bonchev–Trinajstić information content (AvgIpc) is 3.10. The lowest BCUT2D eigenvalue weighted by atomic mass is 9.94. The molecule has 0 saturated carbocycles. The molecule has 3 aromatic carbocycles. The molecule has 0 aliphatic carbocycles. The Hall–Kier alpha value is -2.61. The van der Waals surface area contributed by atoms with Crippen LogP contribution >= 0.6 is 11.6 Å². The highest BCUT2D eigenvalue weighted by Gasteiger charge is 2.20. The van der Waals surface area contributed by atoms with Gasteiger partial charge in [-0.3, -0.25) is 0 Å². The smallest absolute Gasteiger partial charge is 0.238 e. The fourth-order valence-corrected chi connectivity index (χ4v) is 3.54. The molecule has 1 aliphatic rings. The highest BCUT2D eigenvalue weighted by molar-refractivity contribution is 7.89. The van der Waals surface area contributed by atoms with Crippen LogP contribution in [0.1, 0.15) is 0 Å². The summed E-state index contributed by atoms with van der Waals surface area (Å²) in [5.74, 6) is 0.561. The van der Waals surface area contributed by atoms with Gasteiger partial charge in [-0.25, -0.2) is 17.9 Å². The monoisotopic (exact) mass is 405 g/mol. The zero-order valence-corrected chi connectivity index (χ0v) is 15.4. The fraction of sp³-hybridized carbons (Fsp3) is 0.0526. The predicted molar refractivity (Wildman–Crippen MR) is 99.8 cm³/mol. The number of hydrogen-bond donors (Lipinski definition) is 1. The summed E-state index contributed by atoms with van der Waals surface area (Å²) in [4.78, 5) is 0.00563. The lowest BCUT2D eigenvalue weighted by Gasteiger charge is -2.13. The van der Waals surface area contributed by atoms with E-state index in [0.717, 1.165) is 5.56 Å². The molecule has 0 bridgehead atoms. The highest BCUT2D eigenvalue weighted by Crippen LogP contribution is 2.43. The van der Waals surface area contributed by atoms with E-state index in [2.05, 4.69) is 0 Å². The molecule has 5 nitrogen and oxygen atoms in total. The van der Waals surface area contributed by atoms with E-state index in [9.17, 15) is 12.8 Å². The SMILES string of the molecule is NS(=O)(=O)c1ccc(-c2cc3c(cc2-c2ccc(Cl)c(F)c2)OCO3)cc1. The van der Waals surface area contributed by atoms with Crippen molar-refractivity contribution in [2.24, 2.45) is 5.14 Å². The van der Waals surface area contributed by atoms with Crippen molar-refractivity contribution in [1.82, 2.24) is 0 Å². The van der Waals surface area contributed by atoms with Crippen LogP contribution in [-0.2, 0) is 10.0 Å².